The zero-order chi connectivity index (χ0) is 19.3. The van der Waals surface area contributed by atoms with Gasteiger partial charge >= 0.3 is 0 Å². The highest BCUT2D eigenvalue weighted by molar-refractivity contribution is 5.95. The van der Waals surface area contributed by atoms with E-state index in [1.165, 1.54) is 18.4 Å². The summed E-state index contributed by atoms with van der Waals surface area (Å²) in [4.78, 5) is 14.8. The first-order chi connectivity index (χ1) is 13.7. The van der Waals surface area contributed by atoms with Crippen molar-refractivity contribution in [3.63, 3.8) is 0 Å². The van der Waals surface area contributed by atoms with E-state index < -0.39 is 0 Å². The molecule has 3 aromatic rings. The maximum Gasteiger partial charge on any atom is 0.251 e. The van der Waals surface area contributed by atoms with Gasteiger partial charge in [-0.2, -0.15) is 0 Å². The van der Waals surface area contributed by atoms with Crippen molar-refractivity contribution in [2.45, 2.75) is 26.3 Å². The van der Waals surface area contributed by atoms with Gasteiger partial charge in [-0.25, -0.2) is 0 Å². The highest BCUT2D eigenvalue weighted by Gasteiger charge is 2.14. The van der Waals surface area contributed by atoms with Gasteiger partial charge in [0, 0.05) is 30.8 Å². The maximum absolute atomic E-state index is 12.6. The van der Waals surface area contributed by atoms with Gasteiger partial charge in [0.1, 0.15) is 0 Å². The van der Waals surface area contributed by atoms with Crippen LogP contribution in [-0.4, -0.2) is 29.2 Å². The lowest BCUT2D eigenvalue weighted by Gasteiger charge is -2.15. The average Bonchev–Trinajstić information content (AvgIpc) is 3.27. The second kappa shape index (κ2) is 8.21. The van der Waals surface area contributed by atoms with E-state index in [9.17, 15) is 4.79 Å². The van der Waals surface area contributed by atoms with Gasteiger partial charge in [0.05, 0.1) is 5.69 Å². The molecule has 0 spiro atoms. The topological polar surface area (TPSA) is 58.1 Å². The van der Waals surface area contributed by atoms with Crippen molar-refractivity contribution in [3.8, 4) is 11.3 Å². The predicted octanol–water partition coefficient (Wildman–Crippen LogP) is 3.98. The summed E-state index contributed by atoms with van der Waals surface area (Å²) < 4.78 is 0. The maximum atomic E-state index is 12.6. The molecule has 2 heterocycles. The predicted molar refractivity (Wildman–Crippen MR) is 111 cm³/mol. The lowest BCUT2D eigenvalue weighted by molar-refractivity contribution is 0.0951. The van der Waals surface area contributed by atoms with Crippen LogP contribution >= 0.6 is 0 Å². The number of hydrogen-bond acceptors (Lipinski definition) is 4. The van der Waals surface area contributed by atoms with Crippen LogP contribution in [0.5, 0.6) is 0 Å². The first-order valence-corrected chi connectivity index (χ1v) is 9.72. The second-order valence-electron chi connectivity index (χ2n) is 7.22. The lowest BCUT2D eigenvalue weighted by Crippen LogP contribution is -2.22. The Morgan fingerprint density at radius 3 is 2.57 bits per heavy atom. The Labute approximate surface area is 165 Å². The number of anilines is 1. The molecule has 1 aliphatic rings. The van der Waals surface area contributed by atoms with Gasteiger partial charge in [-0.05, 0) is 49.6 Å². The van der Waals surface area contributed by atoms with E-state index in [2.05, 4.69) is 26.5 Å². The Bertz CT molecular complexity index is 962. The van der Waals surface area contributed by atoms with E-state index in [0.29, 0.717) is 12.1 Å². The molecule has 28 heavy (non-hydrogen) atoms. The number of aryl methyl sites for hydroxylation is 1. The molecule has 1 aromatic heterocycles. The molecule has 0 aliphatic carbocycles. The number of nitrogens with zero attached hydrogens (tertiary/aromatic N) is 3. The summed E-state index contributed by atoms with van der Waals surface area (Å²) in [7, 11) is 0. The number of hydrogen-bond donors (Lipinski definition) is 1. The number of carbonyl (C=O) groups excluding carboxylic acids is 1. The van der Waals surface area contributed by atoms with Crippen molar-refractivity contribution in [1.82, 2.24) is 15.5 Å². The number of nitrogens with one attached hydrogen (secondary N) is 1. The number of rotatable bonds is 5. The summed E-state index contributed by atoms with van der Waals surface area (Å²) in [5.74, 6) is 0.832. The van der Waals surface area contributed by atoms with E-state index in [-0.39, 0.29) is 5.91 Å². The van der Waals surface area contributed by atoms with Crippen molar-refractivity contribution in [2.24, 2.45) is 0 Å². The van der Waals surface area contributed by atoms with E-state index in [0.717, 1.165) is 35.7 Å². The minimum absolute atomic E-state index is 0.0926. The molecule has 0 saturated carbocycles. The third kappa shape index (κ3) is 4.19. The third-order valence-electron chi connectivity index (χ3n) is 5.04. The van der Waals surface area contributed by atoms with Crippen molar-refractivity contribution < 1.29 is 4.79 Å². The number of amides is 1. The molecule has 0 bridgehead atoms. The smallest absolute Gasteiger partial charge is 0.251 e. The van der Waals surface area contributed by atoms with Crippen molar-refractivity contribution >= 4 is 11.7 Å². The van der Waals surface area contributed by atoms with Gasteiger partial charge in [-0.15, -0.1) is 10.2 Å². The van der Waals surface area contributed by atoms with Crippen LogP contribution in [0.3, 0.4) is 0 Å². The van der Waals surface area contributed by atoms with Gasteiger partial charge in [-0.1, -0.05) is 42.0 Å². The first-order valence-electron chi connectivity index (χ1n) is 9.72. The molecule has 0 unspecified atom stereocenters. The van der Waals surface area contributed by atoms with Crippen LogP contribution in [0.25, 0.3) is 11.3 Å². The molecule has 0 radical (unpaired) electrons. The van der Waals surface area contributed by atoms with Crippen molar-refractivity contribution in [3.05, 3.63) is 77.4 Å². The summed E-state index contributed by atoms with van der Waals surface area (Å²) >= 11 is 0. The Morgan fingerprint density at radius 2 is 1.82 bits per heavy atom. The Morgan fingerprint density at radius 1 is 1.00 bits per heavy atom. The summed E-state index contributed by atoms with van der Waals surface area (Å²) in [5, 5.41) is 11.7. The fraction of sp³-hybridized carbons (Fsp3) is 0.261. The molecule has 1 fully saturated rings. The molecule has 0 atom stereocenters. The van der Waals surface area contributed by atoms with Crippen LogP contribution in [0.4, 0.5) is 5.82 Å². The summed E-state index contributed by atoms with van der Waals surface area (Å²) in [6.45, 7) is 4.65. The minimum Gasteiger partial charge on any atom is -0.355 e. The quantitative estimate of drug-likeness (QED) is 0.736. The number of aromatic nitrogens is 2. The molecular formula is C23H24N4O. The molecular weight excluding hydrogens is 348 g/mol. The number of carbonyl (C=O) groups is 1. The van der Waals surface area contributed by atoms with Crippen LogP contribution in [0.2, 0.25) is 0 Å². The largest absolute Gasteiger partial charge is 0.355 e. The average molecular weight is 372 g/mol. The van der Waals surface area contributed by atoms with Gasteiger partial charge in [0.2, 0.25) is 0 Å². The molecule has 1 aliphatic heterocycles. The summed E-state index contributed by atoms with van der Waals surface area (Å²) in [6.07, 6.45) is 2.42. The van der Waals surface area contributed by atoms with Crippen LogP contribution < -0.4 is 10.2 Å². The normalized spacial score (nSPS) is 13.5. The zero-order valence-corrected chi connectivity index (χ0v) is 16.1. The van der Waals surface area contributed by atoms with Crippen LogP contribution in [0.1, 0.15) is 34.3 Å². The molecule has 142 valence electrons. The molecule has 5 nitrogen and oxygen atoms in total. The molecule has 1 N–H and O–H groups in total. The molecule has 2 aromatic carbocycles. The van der Waals surface area contributed by atoms with Crippen molar-refractivity contribution in [2.75, 3.05) is 18.0 Å². The van der Waals surface area contributed by atoms with Crippen LogP contribution in [0, 0.1) is 6.92 Å². The van der Waals surface area contributed by atoms with E-state index in [1.807, 2.05) is 61.5 Å². The second-order valence-corrected chi connectivity index (χ2v) is 7.22. The summed E-state index contributed by atoms with van der Waals surface area (Å²) in [6, 6.07) is 19.7. The van der Waals surface area contributed by atoms with Gasteiger partial charge in [0.25, 0.3) is 5.91 Å². The van der Waals surface area contributed by atoms with E-state index in [1.54, 1.807) is 0 Å². The molecule has 1 amide bonds. The summed E-state index contributed by atoms with van der Waals surface area (Å²) in [5.41, 5.74) is 4.56. The van der Waals surface area contributed by atoms with E-state index in [4.69, 9.17) is 0 Å². The first kappa shape index (κ1) is 18.2. The lowest BCUT2D eigenvalue weighted by atomic mass is 10.1. The Balaban J connectivity index is 1.45. The highest BCUT2D eigenvalue weighted by atomic mass is 16.1. The fourth-order valence-corrected chi connectivity index (χ4v) is 3.52. The monoisotopic (exact) mass is 372 g/mol. The zero-order valence-electron chi connectivity index (χ0n) is 16.1. The van der Waals surface area contributed by atoms with Crippen LogP contribution in [0.15, 0.2) is 60.7 Å². The SMILES string of the molecule is Cc1cccc(CNC(=O)c2cccc(-c3ccc(N4CCCC4)nn3)c2)c1. The van der Waals surface area contributed by atoms with E-state index >= 15 is 0 Å². The highest BCUT2D eigenvalue weighted by Crippen LogP contribution is 2.22. The third-order valence-corrected chi connectivity index (χ3v) is 5.04. The number of benzene rings is 2. The minimum atomic E-state index is -0.0926. The fourth-order valence-electron chi connectivity index (χ4n) is 3.52. The molecule has 1 saturated heterocycles. The van der Waals surface area contributed by atoms with Gasteiger partial charge in [0.15, 0.2) is 5.82 Å². The van der Waals surface area contributed by atoms with Crippen molar-refractivity contribution in [1.29, 1.82) is 0 Å². The Kier molecular flexibility index (Phi) is 5.33. The van der Waals surface area contributed by atoms with Gasteiger partial charge in [-0.3, -0.25) is 4.79 Å². The Hall–Kier alpha value is -3.21. The standard InChI is InChI=1S/C23H24N4O/c1-17-6-4-7-18(14-17)16-24-23(28)20-9-5-8-19(15-20)21-10-11-22(26-25-21)27-12-2-3-13-27/h4-11,14-15H,2-3,12-13,16H2,1H3,(H,24,28). The van der Waals surface area contributed by atoms with Crippen LogP contribution in [-0.2, 0) is 6.54 Å². The molecule has 4 rings (SSSR count). The molecule has 5 heteroatoms. The van der Waals surface area contributed by atoms with Gasteiger partial charge < -0.3 is 10.2 Å².